The summed E-state index contributed by atoms with van der Waals surface area (Å²) >= 11 is 0. The zero-order chi connectivity index (χ0) is 17.4. The van der Waals surface area contributed by atoms with Crippen LogP contribution >= 0.6 is 0 Å². The lowest BCUT2D eigenvalue weighted by Crippen LogP contribution is -1.97. The van der Waals surface area contributed by atoms with E-state index in [4.69, 9.17) is 0 Å². The van der Waals surface area contributed by atoms with Crippen LogP contribution < -0.4 is 0 Å². The molecule has 4 aromatic rings. The van der Waals surface area contributed by atoms with Crippen LogP contribution in [0.5, 0.6) is 0 Å². The van der Waals surface area contributed by atoms with E-state index in [1.807, 2.05) is 68.1 Å². The molecule has 1 aromatic carbocycles. The monoisotopic (exact) mass is 330 g/mol. The summed E-state index contributed by atoms with van der Waals surface area (Å²) in [4.78, 5) is 13.5. The van der Waals surface area contributed by atoms with E-state index < -0.39 is 0 Å². The van der Waals surface area contributed by atoms with Crippen LogP contribution in [0.1, 0.15) is 23.0 Å². The van der Waals surface area contributed by atoms with Crippen LogP contribution in [-0.4, -0.2) is 29.1 Å². The lowest BCUT2D eigenvalue weighted by molar-refractivity contribution is 0.881. The lowest BCUT2D eigenvalue weighted by atomic mass is 10.2. The first kappa shape index (κ1) is 15.3. The highest BCUT2D eigenvalue weighted by molar-refractivity contribution is 5.67. The van der Waals surface area contributed by atoms with Crippen molar-refractivity contribution in [2.24, 2.45) is 7.05 Å². The normalized spacial score (nSPS) is 11.6. The predicted octanol–water partition coefficient (Wildman–Crippen LogP) is 3.31. The number of aromatic nitrogens is 6. The second-order valence-corrected chi connectivity index (χ2v) is 6.02. The van der Waals surface area contributed by atoms with Crippen molar-refractivity contribution in [2.45, 2.75) is 13.8 Å². The number of benzene rings is 1. The number of fused-ring (bicyclic) bond motifs is 1. The number of aryl methyl sites for hydroxylation is 3. The third-order valence-corrected chi connectivity index (χ3v) is 4.00. The van der Waals surface area contributed by atoms with Crippen molar-refractivity contribution < 1.29 is 0 Å². The van der Waals surface area contributed by atoms with E-state index in [1.54, 1.807) is 4.52 Å². The predicted molar refractivity (Wildman–Crippen MR) is 97.8 cm³/mol. The van der Waals surface area contributed by atoms with Crippen LogP contribution in [0.25, 0.3) is 29.2 Å². The van der Waals surface area contributed by atoms with Gasteiger partial charge >= 0.3 is 0 Å². The van der Waals surface area contributed by atoms with Gasteiger partial charge in [-0.25, -0.2) is 14.5 Å². The average molecular weight is 330 g/mol. The Kier molecular flexibility index (Phi) is 3.65. The molecule has 0 aliphatic rings. The number of hydrogen-bond acceptors (Lipinski definition) is 4. The molecule has 0 bridgehead atoms. The van der Waals surface area contributed by atoms with Crippen LogP contribution in [0.3, 0.4) is 0 Å². The summed E-state index contributed by atoms with van der Waals surface area (Å²) in [5.74, 6) is 2.07. The molecular formula is C19H18N6. The maximum absolute atomic E-state index is 4.68. The zero-order valence-corrected chi connectivity index (χ0v) is 14.4. The summed E-state index contributed by atoms with van der Waals surface area (Å²) < 4.78 is 3.74. The summed E-state index contributed by atoms with van der Waals surface area (Å²) in [5, 5.41) is 4.48. The Hall–Kier alpha value is -3.28. The molecule has 3 aromatic heterocycles. The largest absolute Gasteiger partial charge is 0.334 e. The molecule has 0 N–H and O–H groups in total. The second-order valence-electron chi connectivity index (χ2n) is 6.02. The van der Waals surface area contributed by atoms with E-state index in [9.17, 15) is 0 Å². The van der Waals surface area contributed by atoms with Crippen molar-refractivity contribution in [3.63, 3.8) is 0 Å². The Morgan fingerprint density at radius 2 is 1.76 bits per heavy atom. The fourth-order valence-electron chi connectivity index (χ4n) is 2.78. The number of hydrogen-bond donors (Lipinski definition) is 0. The van der Waals surface area contributed by atoms with Gasteiger partial charge in [0, 0.05) is 30.2 Å². The molecule has 3 heterocycles. The molecule has 0 aliphatic heterocycles. The van der Waals surface area contributed by atoms with Crippen LogP contribution in [0.4, 0.5) is 0 Å². The van der Waals surface area contributed by atoms with Crippen molar-refractivity contribution in [3.05, 3.63) is 65.6 Å². The fourth-order valence-corrected chi connectivity index (χ4v) is 2.78. The van der Waals surface area contributed by atoms with Crippen molar-refractivity contribution in [1.82, 2.24) is 29.1 Å². The number of imidazole rings is 1. The molecule has 0 fully saturated rings. The molecule has 0 saturated heterocycles. The molecule has 0 radical (unpaired) electrons. The first-order chi connectivity index (χ1) is 12.1. The molecule has 124 valence electrons. The van der Waals surface area contributed by atoms with Gasteiger partial charge in [0.25, 0.3) is 5.78 Å². The highest BCUT2D eigenvalue weighted by atomic mass is 15.3. The third-order valence-electron chi connectivity index (χ3n) is 4.00. The van der Waals surface area contributed by atoms with E-state index in [0.29, 0.717) is 11.6 Å². The van der Waals surface area contributed by atoms with Gasteiger partial charge in [0.15, 0.2) is 5.82 Å². The van der Waals surface area contributed by atoms with E-state index in [-0.39, 0.29) is 0 Å². The van der Waals surface area contributed by atoms with E-state index >= 15 is 0 Å². The molecule has 0 saturated carbocycles. The van der Waals surface area contributed by atoms with Gasteiger partial charge in [0.1, 0.15) is 5.82 Å². The highest BCUT2D eigenvalue weighted by Gasteiger charge is 2.07. The van der Waals surface area contributed by atoms with E-state index in [1.165, 1.54) is 0 Å². The Labute approximate surface area is 145 Å². The zero-order valence-electron chi connectivity index (χ0n) is 14.4. The van der Waals surface area contributed by atoms with Gasteiger partial charge in [-0.1, -0.05) is 30.3 Å². The molecule has 4 rings (SSSR count). The Morgan fingerprint density at radius 1 is 0.960 bits per heavy atom. The minimum absolute atomic E-state index is 0.613. The third kappa shape index (κ3) is 2.94. The Bertz CT molecular complexity index is 1070. The average Bonchev–Trinajstić information content (AvgIpc) is 3.17. The molecule has 6 nitrogen and oxygen atoms in total. The first-order valence-corrected chi connectivity index (χ1v) is 8.08. The minimum atomic E-state index is 0.613. The Balaban J connectivity index is 1.66. The van der Waals surface area contributed by atoms with Gasteiger partial charge in [-0.3, -0.25) is 0 Å². The van der Waals surface area contributed by atoms with Crippen LogP contribution in [0, 0.1) is 13.8 Å². The molecule has 0 atom stereocenters. The van der Waals surface area contributed by atoms with Crippen LogP contribution in [0.2, 0.25) is 0 Å². The van der Waals surface area contributed by atoms with Gasteiger partial charge in [-0.05, 0) is 32.1 Å². The molecule has 6 heteroatoms. The number of rotatable bonds is 3. The Morgan fingerprint density at radius 3 is 2.56 bits per heavy atom. The van der Waals surface area contributed by atoms with Crippen LogP contribution in [-0.2, 0) is 7.05 Å². The summed E-state index contributed by atoms with van der Waals surface area (Å²) in [6, 6.07) is 12.1. The topological polar surface area (TPSA) is 60.9 Å². The summed E-state index contributed by atoms with van der Waals surface area (Å²) in [7, 11) is 1.98. The standard InChI is InChI=1S/C19H18N6/c1-13-11-14(2)25-19(20-13)22-17(23-25)9-10-18-21-16(12-24(18)3)15-7-5-4-6-8-15/h4-12H,1-3H3. The van der Waals surface area contributed by atoms with E-state index in [2.05, 4.69) is 32.2 Å². The summed E-state index contributed by atoms with van der Waals surface area (Å²) in [5.41, 5.74) is 3.99. The van der Waals surface area contributed by atoms with Gasteiger partial charge in [0.2, 0.25) is 0 Å². The fraction of sp³-hybridized carbons (Fsp3) is 0.158. The van der Waals surface area contributed by atoms with Crippen molar-refractivity contribution in [1.29, 1.82) is 0 Å². The van der Waals surface area contributed by atoms with Gasteiger partial charge < -0.3 is 4.57 Å². The molecule has 0 spiro atoms. The van der Waals surface area contributed by atoms with Gasteiger partial charge in [0.05, 0.1) is 5.69 Å². The van der Waals surface area contributed by atoms with Crippen molar-refractivity contribution >= 4 is 17.9 Å². The molecule has 0 unspecified atom stereocenters. The smallest absolute Gasteiger partial charge is 0.253 e. The first-order valence-electron chi connectivity index (χ1n) is 8.08. The molecule has 0 amide bonds. The summed E-state index contributed by atoms with van der Waals surface area (Å²) in [6.45, 7) is 3.95. The second kappa shape index (κ2) is 5.98. The maximum Gasteiger partial charge on any atom is 0.253 e. The molecular weight excluding hydrogens is 312 g/mol. The van der Waals surface area contributed by atoms with Crippen molar-refractivity contribution in [2.75, 3.05) is 0 Å². The molecule has 0 aliphatic carbocycles. The molecule has 25 heavy (non-hydrogen) atoms. The van der Waals surface area contributed by atoms with Crippen molar-refractivity contribution in [3.8, 4) is 11.3 Å². The SMILES string of the molecule is Cc1cc(C)n2nc(C=Cc3nc(-c4ccccc4)cn3C)nc2n1. The lowest BCUT2D eigenvalue weighted by Gasteiger charge is -1.97. The highest BCUT2D eigenvalue weighted by Crippen LogP contribution is 2.18. The van der Waals surface area contributed by atoms with Gasteiger partial charge in [-0.15, -0.1) is 5.10 Å². The maximum atomic E-state index is 4.68. The quantitative estimate of drug-likeness (QED) is 0.578. The minimum Gasteiger partial charge on any atom is -0.334 e. The van der Waals surface area contributed by atoms with E-state index in [0.717, 1.165) is 28.5 Å². The van der Waals surface area contributed by atoms with Gasteiger partial charge in [-0.2, -0.15) is 4.98 Å². The van der Waals surface area contributed by atoms with Crippen LogP contribution in [0.15, 0.2) is 42.6 Å². The summed E-state index contributed by atoms with van der Waals surface area (Å²) in [6.07, 6.45) is 5.80. The number of nitrogens with zero attached hydrogens (tertiary/aromatic N) is 6.